The highest BCUT2D eigenvalue weighted by Gasteiger charge is 2.53. The number of hydrogen-bond acceptors (Lipinski definition) is 6. The molecule has 1 fully saturated rings. The minimum absolute atomic E-state index is 0.146. The van der Waals surface area contributed by atoms with E-state index in [2.05, 4.69) is 69.0 Å². The predicted molar refractivity (Wildman–Crippen MR) is 159 cm³/mol. The maximum atomic E-state index is 6.41. The number of benzene rings is 3. The fourth-order valence-electron chi connectivity index (χ4n) is 5.63. The van der Waals surface area contributed by atoms with Crippen molar-refractivity contribution < 1.29 is 9.31 Å². The molecule has 1 aliphatic carbocycles. The molecule has 3 aromatic carbocycles. The first-order valence-corrected chi connectivity index (χ1v) is 13.8. The smallest absolute Gasteiger partial charge is 0.400 e. The van der Waals surface area contributed by atoms with Crippen LogP contribution in [0.1, 0.15) is 45.6 Å². The third-order valence-electron chi connectivity index (χ3n) is 8.52. The number of fused-ring (bicyclic) bond motifs is 3. The molecule has 0 N–H and O–H groups in total. The van der Waals surface area contributed by atoms with E-state index in [1.807, 2.05) is 60.7 Å². The lowest BCUT2D eigenvalue weighted by molar-refractivity contribution is 0.00578. The Labute approximate surface area is 235 Å². The van der Waals surface area contributed by atoms with Gasteiger partial charge in [0.15, 0.2) is 11.6 Å². The summed E-state index contributed by atoms with van der Waals surface area (Å²) in [5.74, 6) is 2.05. The Hall–Kier alpha value is -4.07. The zero-order chi connectivity index (χ0) is 27.5. The fourth-order valence-corrected chi connectivity index (χ4v) is 5.63. The lowest BCUT2D eigenvalue weighted by Crippen LogP contribution is -2.41. The van der Waals surface area contributed by atoms with Gasteiger partial charge in [0, 0.05) is 22.7 Å². The van der Waals surface area contributed by atoms with Gasteiger partial charge in [-0.05, 0) is 57.3 Å². The summed E-state index contributed by atoms with van der Waals surface area (Å²) in [5.41, 5.74) is 5.77. The zero-order valence-corrected chi connectivity index (χ0v) is 23.2. The first kappa shape index (κ1) is 24.9. The molecule has 1 saturated heterocycles. The Balaban J connectivity index is 1.35. The van der Waals surface area contributed by atoms with Crippen LogP contribution in [0.4, 0.5) is 11.6 Å². The number of aromatic nitrogens is 3. The molecule has 4 aromatic rings. The maximum Gasteiger partial charge on any atom is 0.490 e. The van der Waals surface area contributed by atoms with Crippen molar-refractivity contribution in [2.24, 2.45) is 0 Å². The second-order valence-corrected chi connectivity index (χ2v) is 11.6. The van der Waals surface area contributed by atoms with Gasteiger partial charge in [0.25, 0.3) is 0 Å². The summed E-state index contributed by atoms with van der Waals surface area (Å²) in [7, 11) is -0.365. The summed E-state index contributed by atoms with van der Waals surface area (Å²) in [6.07, 6.45) is 5.14. The van der Waals surface area contributed by atoms with Crippen molar-refractivity contribution in [1.29, 1.82) is 0 Å². The fraction of sp³-hybridized carbons (Fsp3) is 0.242. The molecule has 2 aliphatic heterocycles. The molecule has 6 nitrogen and oxygen atoms in total. The minimum atomic E-state index is -0.380. The Kier molecular flexibility index (Phi) is 5.77. The monoisotopic (exact) mass is 526 g/mol. The standard InChI is InChI=1S/C33H31BN4O2/c1-32(2)33(3,4)40-34(39-32)24-19-20-28-26(21-24)25-17-11-12-18-27(25)38(28)31-36-29(22-13-7-5-8-14-22)35-30(37-31)23-15-9-6-10-16-23/h5-20,26H,21H2,1-4H3. The predicted octanol–water partition coefficient (Wildman–Crippen LogP) is 7.29. The largest absolute Gasteiger partial charge is 0.490 e. The first-order chi connectivity index (χ1) is 19.3. The Morgan fingerprint density at radius 3 is 1.85 bits per heavy atom. The molecule has 0 radical (unpaired) electrons. The highest BCUT2D eigenvalue weighted by Crippen LogP contribution is 2.52. The number of para-hydroxylation sites is 1. The molecule has 1 unspecified atom stereocenters. The van der Waals surface area contributed by atoms with Crippen molar-refractivity contribution in [3.63, 3.8) is 0 Å². The van der Waals surface area contributed by atoms with Crippen molar-refractivity contribution >= 4 is 18.8 Å². The molecule has 3 aliphatic rings. The lowest BCUT2D eigenvalue weighted by Gasteiger charge is -2.32. The molecule has 0 amide bonds. The lowest BCUT2D eigenvalue weighted by atomic mass is 9.70. The highest BCUT2D eigenvalue weighted by atomic mass is 16.7. The summed E-state index contributed by atoms with van der Waals surface area (Å²) in [6.45, 7) is 8.39. The molecule has 1 aromatic heterocycles. The Bertz CT molecular complexity index is 1580. The summed E-state index contributed by atoms with van der Waals surface area (Å²) in [4.78, 5) is 17.1. The van der Waals surface area contributed by atoms with Gasteiger partial charge in [0.05, 0.1) is 16.9 Å². The number of rotatable bonds is 4. The highest BCUT2D eigenvalue weighted by molar-refractivity contribution is 6.54. The average Bonchev–Trinajstić information content (AvgIpc) is 3.42. The molecule has 0 spiro atoms. The van der Waals surface area contributed by atoms with E-state index in [4.69, 9.17) is 24.3 Å². The maximum absolute atomic E-state index is 6.41. The normalized spacial score (nSPS) is 20.6. The van der Waals surface area contributed by atoms with Crippen molar-refractivity contribution in [2.45, 2.75) is 51.2 Å². The van der Waals surface area contributed by atoms with E-state index in [0.717, 1.165) is 34.4 Å². The van der Waals surface area contributed by atoms with Crippen molar-refractivity contribution in [2.75, 3.05) is 4.90 Å². The number of allylic oxidation sites excluding steroid dienone is 4. The van der Waals surface area contributed by atoms with E-state index in [1.165, 1.54) is 5.56 Å². The zero-order valence-electron chi connectivity index (χ0n) is 23.2. The van der Waals surface area contributed by atoms with Crippen LogP contribution < -0.4 is 4.90 Å². The topological polar surface area (TPSA) is 60.4 Å². The summed E-state index contributed by atoms with van der Waals surface area (Å²) >= 11 is 0. The van der Waals surface area contributed by atoms with Gasteiger partial charge in [-0.3, -0.25) is 4.90 Å². The average molecular weight is 526 g/mol. The molecule has 1 atom stereocenters. The molecule has 0 bridgehead atoms. The van der Waals surface area contributed by atoms with Gasteiger partial charge >= 0.3 is 7.12 Å². The second-order valence-electron chi connectivity index (χ2n) is 11.6. The van der Waals surface area contributed by atoms with Crippen LogP contribution in [-0.4, -0.2) is 33.3 Å². The van der Waals surface area contributed by atoms with Gasteiger partial charge in [-0.25, -0.2) is 4.98 Å². The molecular formula is C33H31BN4O2. The number of hydrogen-bond donors (Lipinski definition) is 0. The van der Waals surface area contributed by atoms with Crippen molar-refractivity contribution in [3.05, 3.63) is 114 Å². The first-order valence-electron chi connectivity index (χ1n) is 13.8. The van der Waals surface area contributed by atoms with E-state index in [9.17, 15) is 0 Å². The minimum Gasteiger partial charge on any atom is -0.400 e. The third-order valence-corrected chi connectivity index (χ3v) is 8.52. The van der Waals surface area contributed by atoms with Crippen LogP contribution in [0, 0.1) is 0 Å². The van der Waals surface area contributed by atoms with E-state index < -0.39 is 0 Å². The number of anilines is 2. The van der Waals surface area contributed by atoms with Crippen LogP contribution in [0.2, 0.25) is 0 Å². The molecule has 198 valence electrons. The Morgan fingerprint density at radius 2 is 1.25 bits per heavy atom. The molecular weight excluding hydrogens is 495 g/mol. The van der Waals surface area contributed by atoms with Gasteiger partial charge in [0.2, 0.25) is 5.95 Å². The van der Waals surface area contributed by atoms with Gasteiger partial charge in [-0.1, -0.05) is 84.9 Å². The van der Waals surface area contributed by atoms with Gasteiger partial charge in [-0.15, -0.1) is 0 Å². The van der Waals surface area contributed by atoms with Gasteiger partial charge in [0.1, 0.15) is 0 Å². The summed E-state index contributed by atoms with van der Waals surface area (Å²) in [6, 6.07) is 28.7. The molecule has 7 heteroatoms. The van der Waals surface area contributed by atoms with Gasteiger partial charge < -0.3 is 9.31 Å². The van der Waals surface area contributed by atoms with Crippen LogP contribution in [0.15, 0.2) is 108 Å². The van der Waals surface area contributed by atoms with E-state index in [1.54, 1.807) is 0 Å². The van der Waals surface area contributed by atoms with E-state index in [-0.39, 0.29) is 24.2 Å². The van der Waals surface area contributed by atoms with Crippen molar-refractivity contribution in [3.8, 4) is 22.8 Å². The van der Waals surface area contributed by atoms with Crippen molar-refractivity contribution in [1.82, 2.24) is 15.0 Å². The second kappa shape index (κ2) is 9.25. The van der Waals surface area contributed by atoms with E-state index >= 15 is 0 Å². The van der Waals surface area contributed by atoms with Crippen LogP contribution in [0.3, 0.4) is 0 Å². The molecule has 40 heavy (non-hydrogen) atoms. The quantitative estimate of drug-likeness (QED) is 0.261. The van der Waals surface area contributed by atoms with Gasteiger partial charge in [-0.2, -0.15) is 9.97 Å². The third kappa shape index (κ3) is 4.08. The summed E-state index contributed by atoms with van der Waals surface area (Å²) < 4.78 is 12.8. The summed E-state index contributed by atoms with van der Waals surface area (Å²) in [5, 5.41) is 0. The Morgan fingerprint density at radius 1 is 0.700 bits per heavy atom. The van der Waals surface area contributed by atoms with Crippen LogP contribution in [0.5, 0.6) is 0 Å². The van der Waals surface area contributed by atoms with Crippen LogP contribution >= 0.6 is 0 Å². The molecule has 7 rings (SSSR count). The van der Waals surface area contributed by atoms with Crippen LogP contribution in [0.25, 0.3) is 22.8 Å². The SMILES string of the molecule is CC1(C)OB(C2=CC=C3C(C2)c2ccccc2N3c2nc(-c3ccccc3)nc(-c3ccccc3)n2)OC1(C)C. The molecule has 0 saturated carbocycles. The van der Waals surface area contributed by atoms with E-state index in [0.29, 0.717) is 17.6 Å². The van der Waals surface area contributed by atoms with Crippen LogP contribution in [-0.2, 0) is 9.31 Å². The number of nitrogens with zero attached hydrogens (tertiary/aromatic N) is 4. The molecule has 3 heterocycles.